The maximum Gasteiger partial charge on any atom is 0.164 e. The van der Waals surface area contributed by atoms with E-state index in [-0.39, 0.29) is 0 Å². The summed E-state index contributed by atoms with van der Waals surface area (Å²) in [5.74, 6) is 1.78. The van der Waals surface area contributed by atoms with Crippen molar-refractivity contribution in [3.63, 3.8) is 0 Å². The first kappa shape index (κ1) is 14.8. The second-order valence-corrected chi connectivity index (χ2v) is 4.52. The summed E-state index contributed by atoms with van der Waals surface area (Å²) in [6.07, 6.45) is 2.15. The first-order chi connectivity index (χ1) is 8.69. The van der Waals surface area contributed by atoms with Crippen molar-refractivity contribution in [2.45, 2.75) is 26.7 Å². The zero-order chi connectivity index (χ0) is 13.4. The Hall–Kier alpha value is -1.22. The summed E-state index contributed by atoms with van der Waals surface area (Å²) < 4.78 is 11.4. The molecule has 1 aromatic rings. The molecule has 102 valence electrons. The van der Waals surface area contributed by atoms with Gasteiger partial charge in [-0.1, -0.05) is 12.1 Å². The summed E-state index contributed by atoms with van der Waals surface area (Å²) in [6.45, 7) is 6.43. The molecular formula is C15H25NO2. The van der Waals surface area contributed by atoms with Crippen molar-refractivity contribution in [3.8, 4) is 11.5 Å². The van der Waals surface area contributed by atoms with E-state index in [1.807, 2.05) is 26.0 Å². The van der Waals surface area contributed by atoms with E-state index >= 15 is 0 Å². The molecule has 0 aliphatic carbocycles. The van der Waals surface area contributed by atoms with Gasteiger partial charge in [-0.2, -0.15) is 0 Å². The molecule has 1 aromatic carbocycles. The molecular weight excluding hydrogens is 226 g/mol. The summed E-state index contributed by atoms with van der Waals surface area (Å²) in [6, 6.07) is 6.14. The number of aryl methyl sites for hydroxylation is 1. The van der Waals surface area contributed by atoms with Crippen LogP contribution < -0.4 is 9.47 Å². The van der Waals surface area contributed by atoms with Crippen LogP contribution in [0.4, 0.5) is 0 Å². The molecule has 1 rings (SSSR count). The van der Waals surface area contributed by atoms with Crippen molar-refractivity contribution in [2.24, 2.45) is 0 Å². The summed E-state index contributed by atoms with van der Waals surface area (Å²) >= 11 is 0. The summed E-state index contributed by atoms with van der Waals surface area (Å²) in [4.78, 5) is 2.20. The quantitative estimate of drug-likeness (QED) is 0.709. The fraction of sp³-hybridized carbons (Fsp3) is 0.600. The highest BCUT2D eigenvalue weighted by molar-refractivity contribution is 5.46. The molecule has 0 spiro atoms. The Kier molecular flexibility index (Phi) is 6.58. The second kappa shape index (κ2) is 7.98. The van der Waals surface area contributed by atoms with E-state index in [0.717, 1.165) is 30.9 Å². The molecule has 0 saturated heterocycles. The molecule has 3 heteroatoms. The third kappa shape index (κ3) is 4.57. The van der Waals surface area contributed by atoms with E-state index in [9.17, 15) is 0 Å². The van der Waals surface area contributed by atoms with Crippen molar-refractivity contribution in [1.82, 2.24) is 4.90 Å². The van der Waals surface area contributed by atoms with Crippen molar-refractivity contribution >= 4 is 0 Å². The molecule has 0 aliphatic rings. The highest BCUT2D eigenvalue weighted by Crippen LogP contribution is 2.32. The lowest BCUT2D eigenvalue weighted by Gasteiger charge is -2.16. The lowest BCUT2D eigenvalue weighted by atomic mass is 10.1. The van der Waals surface area contributed by atoms with Crippen LogP contribution in [-0.4, -0.2) is 38.8 Å². The standard InChI is InChI=1S/C15H25NO2/c1-5-17-14-11-7-9-13(15(14)18-6-2)10-8-12-16(3)4/h7,9,11H,5-6,8,10,12H2,1-4H3. The van der Waals surface area contributed by atoms with Crippen LogP contribution in [0.2, 0.25) is 0 Å². The molecule has 0 fully saturated rings. The van der Waals surface area contributed by atoms with Crippen LogP contribution in [0.5, 0.6) is 11.5 Å². The Morgan fingerprint density at radius 3 is 2.39 bits per heavy atom. The minimum Gasteiger partial charge on any atom is -0.490 e. The van der Waals surface area contributed by atoms with Gasteiger partial charge in [-0.3, -0.25) is 0 Å². The smallest absolute Gasteiger partial charge is 0.164 e. The lowest BCUT2D eigenvalue weighted by molar-refractivity contribution is 0.284. The van der Waals surface area contributed by atoms with Crippen LogP contribution in [0.3, 0.4) is 0 Å². The first-order valence-electron chi connectivity index (χ1n) is 6.71. The van der Waals surface area contributed by atoms with Gasteiger partial charge in [0.15, 0.2) is 11.5 Å². The topological polar surface area (TPSA) is 21.7 Å². The molecule has 3 nitrogen and oxygen atoms in total. The van der Waals surface area contributed by atoms with Gasteiger partial charge in [-0.05, 0) is 59.0 Å². The number of ether oxygens (including phenoxy) is 2. The molecule has 0 unspecified atom stereocenters. The molecule has 0 aliphatic heterocycles. The fourth-order valence-corrected chi connectivity index (χ4v) is 1.92. The highest BCUT2D eigenvalue weighted by atomic mass is 16.5. The average Bonchev–Trinajstić information content (AvgIpc) is 2.33. The van der Waals surface area contributed by atoms with E-state index in [1.165, 1.54) is 5.56 Å². The minimum atomic E-state index is 0.668. The maximum atomic E-state index is 5.74. The van der Waals surface area contributed by atoms with Gasteiger partial charge in [0.05, 0.1) is 13.2 Å². The van der Waals surface area contributed by atoms with E-state index in [0.29, 0.717) is 13.2 Å². The van der Waals surface area contributed by atoms with Gasteiger partial charge in [0.1, 0.15) is 0 Å². The average molecular weight is 251 g/mol. The SMILES string of the molecule is CCOc1cccc(CCCN(C)C)c1OCC. The Morgan fingerprint density at radius 2 is 1.78 bits per heavy atom. The van der Waals surface area contributed by atoms with Gasteiger partial charge in [0, 0.05) is 0 Å². The number of benzene rings is 1. The third-order valence-electron chi connectivity index (χ3n) is 2.70. The number of hydrogen-bond acceptors (Lipinski definition) is 3. The largest absolute Gasteiger partial charge is 0.490 e. The van der Waals surface area contributed by atoms with E-state index in [1.54, 1.807) is 0 Å². The van der Waals surface area contributed by atoms with Crippen LogP contribution in [0, 0.1) is 0 Å². The number of nitrogens with zero attached hydrogens (tertiary/aromatic N) is 1. The van der Waals surface area contributed by atoms with E-state index < -0.39 is 0 Å². The molecule has 0 atom stereocenters. The van der Waals surface area contributed by atoms with Gasteiger partial charge < -0.3 is 14.4 Å². The van der Waals surface area contributed by atoms with Crippen LogP contribution in [0.1, 0.15) is 25.8 Å². The second-order valence-electron chi connectivity index (χ2n) is 4.52. The van der Waals surface area contributed by atoms with Crippen molar-refractivity contribution in [2.75, 3.05) is 33.9 Å². The Balaban J connectivity index is 2.77. The monoisotopic (exact) mass is 251 g/mol. The van der Waals surface area contributed by atoms with E-state index in [2.05, 4.69) is 25.1 Å². The van der Waals surface area contributed by atoms with Gasteiger partial charge in [-0.15, -0.1) is 0 Å². The third-order valence-corrected chi connectivity index (χ3v) is 2.70. The number of para-hydroxylation sites is 1. The van der Waals surface area contributed by atoms with E-state index in [4.69, 9.17) is 9.47 Å². The van der Waals surface area contributed by atoms with Crippen molar-refractivity contribution in [3.05, 3.63) is 23.8 Å². The van der Waals surface area contributed by atoms with Gasteiger partial charge in [-0.25, -0.2) is 0 Å². The number of rotatable bonds is 8. The zero-order valence-electron chi connectivity index (χ0n) is 12.0. The Labute approximate surface area is 111 Å². The minimum absolute atomic E-state index is 0.668. The van der Waals surface area contributed by atoms with Gasteiger partial charge in [0.2, 0.25) is 0 Å². The molecule has 0 N–H and O–H groups in total. The highest BCUT2D eigenvalue weighted by Gasteiger charge is 2.10. The maximum absolute atomic E-state index is 5.74. The van der Waals surface area contributed by atoms with Crippen molar-refractivity contribution in [1.29, 1.82) is 0 Å². The Morgan fingerprint density at radius 1 is 1.06 bits per heavy atom. The van der Waals surface area contributed by atoms with Gasteiger partial charge in [0.25, 0.3) is 0 Å². The molecule has 0 bridgehead atoms. The summed E-state index contributed by atoms with van der Waals surface area (Å²) in [5.41, 5.74) is 1.24. The normalized spacial score (nSPS) is 10.7. The lowest BCUT2D eigenvalue weighted by Crippen LogP contribution is -2.13. The van der Waals surface area contributed by atoms with Crippen molar-refractivity contribution < 1.29 is 9.47 Å². The molecule has 0 radical (unpaired) electrons. The summed E-state index contributed by atoms with van der Waals surface area (Å²) in [5, 5.41) is 0. The predicted octanol–water partition coefficient (Wildman–Crippen LogP) is 2.98. The zero-order valence-corrected chi connectivity index (χ0v) is 12.0. The van der Waals surface area contributed by atoms with Crippen LogP contribution in [-0.2, 0) is 6.42 Å². The van der Waals surface area contributed by atoms with Crippen LogP contribution >= 0.6 is 0 Å². The molecule has 18 heavy (non-hydrogen) atoms. The number of hydrogen-bond donors (Lipinski definition) is 0. The Bertz CT molecular complexity index is 350. The first-order valence-corrected chi connectivity index (χ1v) is 6.71. The molecule has 0 amide bonds. The molecule has 0 aromatic heterocycles. The van der Waals surface area contributed by atoms with Crippen LogP contribution in [0.15, 0.2) is 18.2 Å². The summed E-state index contributed by atoms with van der Waals surface area (Å²) in [7, 11) is 4.19. The predicted molar refractivity (Wildman–Crippen MR) is 75.7 cm³/mol. The fourth-order valence-electron chi connectivity index (χ4n) is 1.92. The molecule has 0 saturated carbocycles. The van der Waals surface area contributed by atoms with Crippen LogP contribution in [0.25, 0.3) is 0 Å². The molecule has 0 heterocycles. The van der Waals surface area contributed by atoms with Gasteiger partial charge >= 0.3 is 0 Å².